The number of carboxylic acid groups (broad SMARTS) is 1. The van der Waals surface area contributed by atoms with Crippen molar-refractivity contribution in [3.05, 3.63) is 0 Å². The molecule has 0 aliphatic heterocycles. The Balaban J connectivity index is 2.65. The molecule has 5 heteroatoms. The average molecular weight is 266 g/mol. The second kappa shape index (κ2) is 5.49. The van der Waals surface area contributed by atoms with Gasteiger partial charge in [-0.1, -0.05) is 13.8 Å². The average Bonchev–Trinajstić information content (AvgIpc) is 2.25. The molecule has 18 heavy (non-hydrogen) atoms. The zero-order chi connectivity index (χ0) is 14.0. The van der Waals surface area contributed by atoms with Crippen LogP contribution in [0.2, 0.25) is 0 Å². The van der Waals surface area contributed by atoms with Gasteiger partial charge in [0, 0.05) is 6.42 Å². The first-order chi connectivity index (χ1) is 8.16. The van der Waals surface area contributed by atoms with Crippen LogP contribution in [0.5, 0.6) is 0 Å². The number of alkyl halides is 3. The molecule has 0 aromatic carbocycles. The maximum Gasteiger partial charge on any atom is 0.389 e. The molecule has 0 aromatic rings. The third kappa shape index (κ3) is 3.89. The molecule has 0 bridgehead atoms. The van der Waals surface area contributed by atoms with Gasteiger partial charge in [-0.15, -0.1) is 0 Å². The lowest BCUT2D eigenvalue weighted by Gasteiger charge is -2.38. The van der Waals surface area contributed by atoms with E-state index in [0.29, 0.717) is 24.7 Å². The van der Waals surface area contributed by atoms with Crippen molar-refractivity contribution in [1.29, 1.82) is 0 Å². The van der Waals surface area contributed by atoms with Gasteiger partial charge in [-0.25, -0.2) is 0 Å². The molecule has 0 unspecified atom stereocenters. The Hall–Kier alpha value is -0.740. The first-order valence-corrected chi connectivity index (χ1v) is 6.46. The lowest BCUT2D eigenvalue weighted by molar-refractivity contribution is -0.161. The molecular formula is C13H21F3O2. The fourth-order valence-corrected chi connectivity index (χ4v) is 2.81. The van der Waals surface area contributed by atoms with Crippen molar-refractivity contribution in [2.24, 2.45) is 17.3 Å². The monoisotopic (exact) mass is 266 g/mol. The quantitative estimate of drug-likeness (QED) is 0.826. The summed E-state index contributed by atoms with van der Waals surface area (Å²) in [5.74, 6) is -0.142. The molecule has 1 aliphatic rings. The fraction of sp³-hybridized carbons (Fsp3) is 0.923. The number of halogens is 3. The molecule has 1 fully saturated rings. The lowest BCUT2D eigenvalue weighted by atomic mass is 9.66. The number of rotatable bonds is 4. The summed E-state index contributed by atoms with van der Waals surface area (Å²) in [7, 11) is 0. The van der Waals surface area contributed by atoms with Gasteiger partial charge >= 0.3 is 12.1 Å². The van der Waals surface area contributed by atoms with E-state index in [1.54, 1.807) is 0 Å². The van der Waals surface area contributed by atoms with Crippen LogP contribution in [0.15, 0.2) is 0 Å². The highest BCUT2D eigenvalue weighted by Crippen LogP contribution is 2.46. The summed E-state index contributed by atoms with van der Waals surface area (Å²) < 4.78 is 36.8. The van der Waals surface area contributed by atoms with Gasteiger partial charge in [-0.3, -0.25) is 4.79 Å². The van der Waals surface area contributed by atoms with Crippen LogP contribution in [-0.2, 0) is 4.79 Å². The van der Waals surface area contributed by atoms with Gasteiger partial charge in [0.15, 0.2) is 0 Å². The number of carboxylic acids is 1. The van der Waals surface area contributed by atoms with Crippen LogP contribution in [-0.4, -0.2) is 17.3 Å². The predicted octanol–water partition coefficient (Wildman–Crippen LogP) is 4.25. The number of carbonyl (C=O) groups is 1. The molecule has 0 amide bonds. The Labute approximate surface area is 106 Å². The zero-order valence-corrected chi connectivity index (χ0v) is 10.9. The van der Waals surface area contributed by atoms with Gasteiger partial charge in [0.1, 0.15) is 0 Å². The van der Waals surface area contributed by atoms with Crippen molar-refractivity contribution in [1.82, 2.24) is 0 Å². The van der Waals surface area contributed by atoms with Crippen LogP contribution >= 0.6 is 0 Å². The van der Waals surface area contributed by atoms with Crippen molar-refractivity contribution in [2.45, 2.75) is 58.5 Å². The Morgan fingerprint density at radius 1 is 1.33 bits per heavy atom. The summed E-state index contributed by atoms with van der Waals surface area (Å²) in [5, 5.41) is 9.24. The van der Waals surface area contributed by atoms with Crippen LogP contribution in [0.3, 0.4) is 0 Å². The highest BCUT2D eigenvalue weighted by Gasteiger charge is 2.44. The van der Waals surface area contributed by atoms with E-state index in [1.165, 1.54) is 0 Å². The van der Waals surface area contributed by atoms with Crippen molar-refractivity contribution < 1.29 is 23.1 Å². The molecule has 0 spiro atoms. The van der Waals surface area contributed by atoms with Crippen molar-refractivity contribution in [2.75, 3.05) is 0 Å². The Bertz CT molecular complexity index is 289. The fourth-order valence-electron chi connectivity index (χ4n) is 2.81. The van der Waals surface area contributed by atoms with E-state index >= 15 is 0 Å². The summed E-state index contributed by atoms with van der Waals surface area (Å²) in [6.45, 7) is 4.16. The number of hydrogen-bond donors (Lipinski definition) is 1. The van der Waals surface area contributed by atoms with E-state index in [-0.39, 0.29) is 6.42 Å². The zero-order valence-electron chi connectivity index (χ0n) is 10.9. The minimum atomic E-state index is -4.27. The molecular weight excluding hydrogens is 245 g/mol. The van der Waals surface area contributed by atoms with Gasteiger partial charge in [-0.2, -0.15) is 13.2 Å². The van der Waals surface area contributed by atoms with E-state index in [1.807, 2.05) is 0 Å². The maximum absolute atomic E-state index is 12.3. The smallest absolute Gasteiger partial charge is 0.389 e. The molecule has 2 nitrogen and oxygen atoms in total. The SMILES string of the molecule is CC(C)C1CCC(CCC(F)(F)F)(C(=O)O)CC1. The van der Waals surface area contributed by atoms with Crippen molar-refractivity contribution in [3.8, 4) is 0 Å². The van der Waals surface area contributed by atoms with E-state index < -0.39 is 24.0 Å². The second-order valence-electron chi connectivity index (χ2n) is 5.78. The van der Waals surface area contributed by atoms with Crippen LogP contribution in [0.1, 0.15) is 52.4 Å². The topological polar surface area (TPSA) is 37.3 Å². The molecule has 1 rings (SSSR count). The minimum Gasteiger partial charge on any atom is -0.481 e. The maximum atomic E-state index is 12.3. The van der Waals surface area contributed by atoms with Gasteiger partial charge < -0.3 is 5.11 Å². The highest BCUT2D eigenvalue weighted by molar-refractivity contribution is 5.74. The molecule has 0 heterocycles. The Morgan fingerprint density at radius 3 is 2.17 bits per heavy atom. The molecule has 0 aromatic heterocycles. The van der Waals surface area contributed by atoms with E-state index in [0.717, 1.165) is 12.8 Å². The van der Waals surface area contributed by atoms with Gasteiger partial charge in [-0.05, 0) is 43.9 Å². The van der Waals surface area contributed by atoms with E-state index in [2.05, 4.69) is 13.8 Å². The molecule has 0 atom stereocenters. The number of aliphatic carboxylic acids is 1. The van der Waals surface area contributed by atoms with Gasteiger partial charge in [0.05, 0.1) is 5.41 Å². The Morgan fingerprint density at radius 2 is 1.83 bits per heavy atom. The molecule has 1 N–H and O–H groups in total. The summed E-state index contributed by atoms with van der Waals surface area (Å²) in [6.07, 6.45) is -3.34. The predicted molar refractivity (Wildman–Crippen MR) is 62.2 cm³/mol. The Kier molecular flexibility index (Phi) is 4.67. The molecule has 0 radical (unpaired) electrons. The first kappa shape index (κ1) is 15.3. The van der Waals surface area contributed by atoms with Crippen LogP contribution in [0.25, 0.3) is 0 Å². The summed E-state index contributed by atoms with van der Waals surface area (Å²) in [4.78, 5) is 11.3. The summed E-state index contributed by atoms with van der Waals surface area (Å²) >= 11 is 0. The standard InChI is InChI=1S/C13H21F3O2/c1-9(2)10-3-5-12(6-4-10,11(17)18)7-8-13(14,15)16/h9-10H,3-8H2,1-2H3,(H,17,18). The van der Waals surface area contributed by atoms with Crippen LogP contribution in [0.4, 0.5) is 13.2 Å². The summed E-state index contributed by atoms with van der Waals surface area (Å²) in [6, 6.07) is 0. The molecule has 1 saturated carbocycles. The van der Waals surface area contributed by atoms with E-state index in [9.17, 15) is 23.1 Å². The van der Waals surface area contributed by atoms with Crippen LogP contribution < -0.4 is 0 Å². The van der Waals surface area contributed by atoms with Gasteiger partial charge in [0.2, 0.25) is 0 Å². The summed E-state index contributed by atoms with van der Waals surface area (Å²) in [5.41, 5.74) is -1.15. The third-order valence-electron chi connectivity index (χ3n) is 4.27. The number of hydrogen-bond acceptors (Lipinski definition) is 1. The minimum absolute atomic E-state index is 0.281. The third-order valence-corrected chi connectivity index (χ3v) is 4.27. The van der Waals surface area contributed by atoms with Crippen LogP contribution in [0, 0.1) is 17.3 Å². The van der Waals surface area contributed by atoms with E-state index in [4.69, 9.17) is 0 Å². The largest absolute Gasteiger partial charge is 0.481 e. The van der Waals surface area contributed by atoms with Crippen molar-refractivity contribution >= 4 is 5.97 Å². The highest BCUT2D eigenvalue weighted by atomic mass is 19.4. The lowest BCUT2D eigenvalue weighted by Crippen LogP contribution is -2.37. The van der Waals surface area contributed by atoms with Gasteiger partial charge in [0.25, 0.3) is 0 Å². The first-order valence-electron chi connectivity index (χ1n) is 6.46. The molecule has 0 saturated heterocycles. The normalized spacial score (nSPS) is 29.6. The van der Waals surface area contributed by atoms with Crippen molar-refractivity contribution in [3.63, 3.8) is 0 Å². The molecule has 106 valence electrons. The second-order valence-corrected chi connectivity index (χ2v) is 5.78. The molecule has 1 aliphatic carbocycles.